The number of aryl methyl sites for hydroxylation is 1. The Hall–Kier alpha value is -2.03. The highest BCUT2D eigenvalue weighted by Crippen LogP contribution is 2.24. The molecule has 0 saturated heterocycles. The average Bonchev–Trinajstić information content (AvgIpc) is 2.41. The molecule has 0 aliphatic heterocycles. The molecule has 0 heterocycles. The zero-order chi connectivity index (χ0) is 14.8. The fourth-order valence-corrected chi connectivity index (χ4v) is 3.20. The number of nitriles is 1. The first-order valence-electron chi connectivity index (χ1n) is 5.71. The van der Waals surface area contributed by atoms with Crippen LogP contribution in [0.15, 0.2) is 47.4 Å². The number of nitrogens with zero attached hydrogens (tertiary/aromatic N) is 1. The first-order chi connectivity index (χ1) is 9.42. The quantitative estimate of drug-likeness (QED) is 0.945. The lowest BCUT2D eigenvalue weighted by atomic mass is 10.2. The highest BCUT2D eigenvalue weighted by Gasteiger charge is 2.18. The van der Waals surface area contributed by atoms with E-state index < -0.39 is 10.0 Å². The molecule has 20 heavy (non-hydrogen) atoms. The molecule has 0 amide bonds. The maximum Gasteiger partial charge on any atom is 0.263 e. The Bertz CT molecular complexity index is 778. The standard InChI is InChI=1S/C14H11ClN2O2S/c1-10-2-5-12(6-3-10)17-20(18,19)14-8-11(9-16)4-7-13(14)15/h2-8,17H,1H3. The van der Waals surface area contributed by atoms with Crippen molar-refractivity contribution in [3.8, 4) is 6.07 Å². The van der Waals surface area contributed by atoms with Crippen molar-refractivity contribution in [1.29, 1.82) is 5.26 Å². The number of halogens is 1. The number of anilines is 1. The van der Waals surface area contributed by atoms with Crippen molar-refractivity contribution in [2.24, 2.45) is 0 Å². The summed E-state index contributed by atoms with van der Waals surface area (Å²) >= 11 is 5.90. The summed E-state index contributed by atoms with van der Waals surface area (Å²) in [5, 5.41) is 8.90. The summed E-state index contributed by atoms with van der Waals surface area (Å²) in [5.41, 5.74) is 1.70. The number of hydrogen-bond acceptors (Lipinski definition) is 3. The van der Waals surface area contributed by atoms with Crippen LogP contribution in [0.5, 0.6) is 0 Å². The minimum atomic E-state index is -3.82. The second-order valence-electron chi connectivity index (χ2n) is 4.23. The molecule has 0 spiro atoms. The van der Waals surface area contributed by atoms with Crippen LogP contribution < -0.4 is 4.72 Å². The largest absolute Gasteiger partial charge is 0.280 e. The first kappa shape index (κ1) is 14.4. The molecule has 0 saturated carbocycles. The minimum absolute atomic E-state index is 0.0728. The van der Waals surface area contributed by atoms with Crippen molar-refractivity contribution in [2.75, 3.05) is 4.72 Å². The van der Waals surface area contributed by atoms with E-state index in [1.807, 2.05) is 13.0 Å². The monoisotopic (exact) mass is 306 g/mol. The predicted molar refractivity (Wildman–Crippen MR) is 78.2 cm³/mol. The predicted octanol–water partition coefficient (Wildman–Crippen LogP) is 3.32. The molecule has 0 bridgehead atoms. The van der Waals surface area contributed by atoms with Crippen LogP contribution in [0.3, 0.4) is 0 Å². The van der Waals surface area contributed by atoms with Crippen molar-refractivity contribution in [1.82, 2.24) is 0 Å². The van der Waals surface area contributed by atoms with Gasteiger partial charge in [-0.2, -0.15) is 5.26 Å². The molecular formula is C14H11ClN2O2S. The molecule has 0 fully saturated rings. The number of hydrogen-bond donors (Lipinski definition) is 1. The number of nitrogens with one attached hydrogen (secondary N) is 1. The van der Waals surface area contributed by atoms with E-state index in [0.717, 1.165) is 5.56 Å². The van der Waals surface area contributed by atoms with Gasteiger partial charge in [0.05, 0.1) is 16.7 Å². The Kier molecular flexibility index (Phi) is 3.98. The Morgan fingerprint density at radius 2 is 1.80 bits per heavy atom. The summed E-state index contributed by atoms with van der Waals surface area (Å²) in [6.45, 7) is 1.91. The van der Waals surface area contributed by atoms with Gasteiger partial charge in [-0.25, -0.2) is 8.42 Å². The third-order valence-electron chi connectivity index (χ3n) is 2.65. The Labute approximate surface area is 122 Å². The van der Waals surface area contributed by atoms with Gasteiger partial charge in [-0.1, -0.05) is 29.3 Å². The van der Waals surface area contributed by atoms with E-state index in [0.29, 0.717) is 5.69 Å². The zero-order valence-corrected chi connectivity index (χ0v) is 12.2. The number of benzene rings is 2. The molecule has 0 radical (unpaired) electrons. The molecule has 0 aromatic heterocycles. The van der Waals surface area contributed by atoms with Crippen molar-refractivity contribution in [3.63, 3.8) is 0 Å². The van der Waals surface area contributed by atoms with Gasteiger partial charge in [0.2, 0.25) is 0 Å². The van der Waals surface area contributed by atoms with Crippen LogP contribution in [-0.4, -0.2) is 8.42 Å². The lowest BCUT2D eigenvalue weighted by Crippen LogP contribution is -2.13. The molecule has 0 atom stereocenters. The summed E-state index contributed by atoms with van der Waals surface area (Å²) in [7, 11) is -3.82. The fraction of sp³-hybridized carbons (Fsp3) is 0.0714. The van der Waals surface area contributed by atoms with Gasteiger partial charge in [0.15, 0.2) is 0 Å². The van der Waals surface area contributed by atoms with E-state index in [1.165, 1.54) is 18.2 Å². The summed E-state index contributed by atoms with van der Waals surface area (Å²) in [5.74, 6) is 0. The Morgan fingerprint density at radius 3 is 2.40 bits per heavy atom. The van der Waals surface area contributed by atoms with Crippen LogP contribution in [0.4, 0.5) is 5.69 Å². The topological polar surface area (TPSA) is 70.0 Å². The highest BCUT2D eigenvalue weighted by atomic mass is 35.5. The molecule has 0 unspecified atom stereocenters. The first-order valence-corrected chi connectivity index (χ1v) is 7.57. The normalized spacial score (nSPS) is 10.8. The van der Waals surface area contributed by atoms with Gasteiger partial charge in [0.25, 0.3) is 10.0 Å². The van der Waals surface area contributed by atoms with Gasteiger partial charge in [-0.05, 0) is 37.3 Å². The molecule has 0 aliphatic carbocycles. The van der Waals surface area contributed by atoms with Crippen molar-refractivity contribution < 1.29 is 8.42 Å². The maximum atomic E-state index is 12.3. The average molecular weight is 307 g/mol. The molecule has 102 valence electrons. The second-order valence-corrected chi connectivity index (χ2v) is 6.29. The van der Waals surface area contributed by atoms with Crippen LogP contribution in [-0.2, 0) is 10.0 Å². The van der Waals surface area contributed by atoms with Gasteiger partial charge in [-0.3, -0.25) is 4.72 Å². The summed E-state index contributed by atoms with van der Waals surface area (Å²) in [6.07, 6.45) is 0. The third-order valence-corrected chi connectivity index (χ3v) is 4.52. The molecule has 2 aromatic rings. The van der Waals surface area contributed by atoms with Gasteiger partial charge < -0.3 is 0 Å². The van der Waals surface area contributed by atoms with Crippen LogP contribution >= 0.6 is 11.6 Å². The smallest absolute Gasteiger partial charge is 0.263 e. The van der Waals surface area contributed by atoms with E-state index in [4.69, 9.17) is 16.9 Å². The molecule has 6 heteroatoms. The zero-order valence-electron chi connectivity index (χ0n) is 10.6. The van der Waals surface area contributed by atoms with E-state index in [9.17, 15) is 8.42 Å². The SMILES string of the molecule is Cc1ccc(NS(=O)(=O)c2cc(C#N)ccc2Cl)cc1. The molecule has 2 aromatic carbocycles. The van der Waals surface area contributed by atoms with Crippen LogP contribution in [0.1, 0.15) is 11.1 Å². The van der Waals surface area contributed by atoms with Crippen molar-refractivity contribution in [2.45, 2.75) is 11.8 Å². The van der Waals surface area contributed by atoms with Gasteiger partial charge in [-0.15, -0.1) is 0 Å². The summed E-state index contributed by atoms with van der Waals surface area (Å²) in [4.78, 5) is -0.112. The fourth-order valence-electron chi connectivity index (χ4n) is 1.61. The maximum absolute atomic E-state index is 12.3. The molecule has 4 nitrogen and oxygen atoms in total. The molecule has 2 rings (SSSR count). The lowest BCUT2D eigenvalue weighted by Gasteiger charge is -2.10. The van der Waals surface area contributed by atoms with Crippen molar-refractivity contribution >= 4 is 27.3 Å². The van der Waals surface area contributed by atoms with Gasteiger partial charge in [0.1, 0.15) is 4.90 Å². The van der Waals surface area contributed by atoms with E-state index in [2.05, 4.69) is 4.72 Å². The Balaban J connectivity index is 2.40. The minimum Gasteiger partial charge on any atom is -0.280 e. The van der Waals surface area contributed by atoms with Gasteiger partial charge in [0, 0.05) is 5.69 Å². The van der Waals surface area contributed by atoms with Crippen LogP contribution in [0.2, 0.25) is 5.02 Å². The highest BCUT2D eigenvalue weighted by molar-refractivity contribution is 7.92. The van der Waals surface area contributed by atoms with Crippen molar-refractivity contribution in [3.05, 3.63) is 58.6 Å². The van der Waals surface area contributed by atoms with E-state index >= 15 is 0 Å². The van der Waals surface area contributed by atoms with Gasteiger partial charge >= 0.3 is 0 Å². The second kappa shape index (κ2) is 5.53. The summed E-state index contributed by atoms with van der Waals surface area (Å²) < 4.78 is 27.0. The third kappa shape index (κ3) is 3.10. The van der Waals surface area contributed by atoms with E-state index in [-0.39, 0.29) is 15.5 Å². The van der Waals surface area contributed by atoms with E-state index in [1.54, 1.807) is 24.3 Å². The number of sulfonamides is 1. The molecular weight excluding hydrogens is 296 g/mol. The summed E-state index contributed by atoms with van der Waals surface area (Å²) in [6, 6.07) is 12.9. The lowest BCUT2D eigenvalue weighted by molar-refractivity contribution is 0.601. The molecule has 0 aliphatic rings. The van der Waals surface area contributed by atoms with Crippen LogP contribution in [0.25, 0.3) is 0 Å². The number of rotatable bonds is 3. The Morgan fingerprint density at radius 1 is 1.15 bits per heavy atom. The molecule has 1 N–H and O–H groups in total. The van der Waals surface area contributed by atoms with Crippen LogP contribution in [0, 0.1) is 18.3 Å².